The lowest BCUT2D eigenvalue weighted by atomic mass is 9.92. The first kappa shape index (κ1) is 32.8. The third kappa shape index (κ3) is 5.68. The lowest BCUT2D eigenvalue weighted by Crippen LogP contribution is -1.97. The summed E-state index contributed by atoms with van der Waals surface area (Å²) in [4.78, 5) is 10.4. The summed E-state index contributed by atoms with van der Waals surface area (Å²) < 4.78 is 2.36. The van der Waals surface area contributed by atoms with Crippen LogP contribution >= 0.6 is 0 Å². The summed E-state index contributed by atoms with van der Waals surface area (Å²) in [7, 11) is 0. The van der Waals surface area contributed by atoms with E-state index in [2.05, 4.69) is 199 Å². The number of rotatable bonds is 6. The van der Waals surface area contributed by atoms with Gasteiger partial charge in [0.2, 0.25) is 0 Å². The summed E-state index contributed by atoms with van der Waals surface area (Å²) in [6.45, 7) is 0. The summed E-state index contributed by atoms with van der Waals surface area (Å²) in [6.07, 6.45) is 0. The molecule has 0 aliphatic rings. The molecule has 0 saturated heterocycles. The summed E-state index contributed by atoms with van der Waals surface area (Å²) in [5, 5.41) is 7.24. The predicted molar refractivity (Wildman–Crippen MR) is 239 cm³/mol. The van der Waals surface area contributed by atoms with Crippen LogP contribution in [0.2, 0.25) is 0 Å². The molecule has 0 unspecified atom stereocenters. The average Bonchev–Trinajstić information content (AvgIpc) is 3.63. The van der Waals surface area contributed by atoms with E-state index in [1.807, 2.05) is 18.2 Å². The Bertz CT molecular complexity index is 3210. The van der Waals surface area contributed by atoms with Gasteiger partial charge in [-0.25, -0.2) is 9.97 Å². The second-order valence-corrected chi connectivity index (χ2v) is 14.6. The van der Waals surface area contributed by atoms with E-state index in [0.29, 0.717) is 5.82 Å². The molecular formula is C54H35N3. The van der Waals surface area contributed by atoms with Gasteiger partial charge in [0.05, 0.1) is 22.4 Å². The lowest BCUT2D eigenvalue weighted by Gasteiger charge is -2.15. The first-order valence-corrected chi connectivity index (χ1v) is 19.4. The van der Waals surface area contributed by atoms with Gasteiger partial charge in [0.1, 0.15) is 0 Å². The van der Waals surface area contributed by atoms with Crippen LogP contribution in [0.25, 0.3) is 105 Å². The highest BCUT2D eigenvalue weighted by Crippen LogP contribution is 2.39. The number of hydrogen-bond acceptors (Lipinski definition) is 2. The first-order valence-electron chi connectivity index (χ1n) is 19.4. The van der Waals surface area contributed by atoms with E-state index in [4.69, 9.17) is 9.97 Å². The van der Waals surface area contributed by atoms with Crippen molar-refractivity contribution in [3.63, 3.8) is 0 Å². The Morgan fingerprint density at radius 3 is 1.44 bits per heavy atom. The topological polar surface area (TPSA) is 30.7 Å². The van der Waals surface area contributed by atoms with E-state index in [0.717, 1.165) is 39.2 Å². The van der Waals surface area contributed by atoms with Crippen molar-refractivity contribution in [2.45, 2.75) is 0 Å². The Hall–Kier alpha value is -7.62. The second-order valence-electron chi connectivity index (χ2n) is 14.6. The number of hydrogen-bond donors (Lipinski definition) is 0. The van der Waals surface area contributed by atoms with E-state index in [1.165, 1.54) is 60.2 Å². The molecule has 0 radical (unpaired) electrons. The van der Waals surface area contributed by atoms with Crippen molar-refractivity contribution in [3.05, 3.63) is 212 Å². The molecule has 0 amide bonds. The highest BCUT2D eigenvalue weighted by Gasteiger charge is 2.16. The third-order valence-corrected chi connectivity index (χ3v) is 11.3. The molecule has 0 N–H and O–H groups in total. The van der Waals surface area contributed by atoms with Gasteiger partial charge in [0.25, 0.3) is 0 Å². The van der Waals surface area contributed by atoms with Gasteiger partial charge in [0.15, 0.2) is 5.82 Å². The van der Waals surface area contributed by atoms with Crippen LogP contribution in [-0.2, 0) is 0 Å². The molecule has 3 nitrogen and oxygen atoms in total. The van der Waals surface area contributed by atoms with Gasteiger partial charge in [-0.1, -0.05) is 182 Å². The zero-order chi connectivity index (χ0) is 37.7. The SMILES string of the molecule is c1ccc(-c2nc(-c3cccc4ccccc34)cc(-c3ccc(-c4ccc(-c5ccc(-n6c7ccccc7c7ccccc76)cc5)cc4)c4ccccc34)n2)cc1. The van der Waals surface area contributed by atoms with Crippen LogP contribution in [0.4, 0.5) is 0 Å². The van der Waals surface area contributed by atoms with Crippen LogP contribution in [0.1, 0.15) is 0 Å². The fourth-order valence-corrected chi connectivity index (χ4v) is 8.51. The maximum Gasteiger partial charge on any atom is 0.160 e. The van der Waals surface area contributed by atoms with Gasteiger partial charge in [-0.2, -0.15) is 0 Å². The Balaban J connectivity index is 0.967. The average molecular weight is 726 g/mol. The van der Waals surface area contributed by atoms with E-state index in [-0.39, 0.29) is 0 Å². The molecule has 11 aromatic rings. The summed E-state index contributed by atoms with van der Waals surface area (Å²) >= 11 is 0. The van der Waals surface area contributed by atoms with Gasteiger partial charge in [-0.05, 0) is 74.1 Å². The summed E-state index contributed by atoms with van der Waals surface area (Å²) in [5.41, 5.74) is 13.3. The van der Waals surface area contributed by atoms with Crippen molar-refractivity contribution in [1.82, 2.24) is 14.5 Å². The number of fused-ring (bicyclic) bond motifs is 5. The molecule has 3 heteroatoms. The second kappa shape index (κ2) is 13.6. The highest BCUT2D eigenvalue weighted by atomic mass is 15.0. The quantitative estimate of drug-likeness (QED) is 0.171. The van der Waals surface area contributed by atoms with Crippen molar-refractivity contribution < 1.29 is 0 Å². The minimum absolute atomic E-state index is 0.711. The standard InChI is InChI=1S/C54H35N3/c1-2-14-40(15-3-1)54-55-50(46-22-12-16-38-13-4-5-17-42(38)46)35-51(56-54)47-34-33-43(44-18-6-7-19-45(44)47)39-27-25-36(26-28-39)37-29-31-41(32-30-37)57-52-23-10-8-20-48(52)49-21-9-11-24-53(49)57/h1-35H. The molecule has 9 aromatic carbocycles. The van der Waals surface area contributed by atoms with Crippen LogP contribution in [0, 0.1) is 0 Å². The largest absolute Gasteiger partial charge is 0.309 e. The van der Waals surface area contributed by atoms with Gasteiger partial charge in [-0.3, -0.25) is 0 Å². The molecule has 11 rings (SSSR count). The van der Waals surface area contributed by atoms with Gasteiger partial charge in [0, 0.05) is 33.2 Å². The van der Waals surface area contributed by atoms with Crippen molar-refractivity contribution in [1.29, 1.82) is 0 Å². The van der Waals surface area contributed by atoms with Crippen molar-refractivity contribution in [3.8, 4) is 61.8 Å². The minimum atomic E-state index is 0.711. The zero-order valence-corrected chi connectivity index (χ0v) is 31.0. The Kier molecular flexibility index (Phi) is 7.82. The molecule has 0 saturated carbocycles. The molecular weight excluding hydrogens is 691 g/mol. The Labute approximate surface area is 330 Å². The molecule has 2 heterocycles. The number of nitrogens with zero attached hydrogens (tertiary/aromatic N) is 3. The smallest absolute Gasteiger partial charge is 0.160 e. The van der Waals surface area contributed by atoms with Gasteiger partial charge < -0.3 is 4.57 Å². The minimum Gasteiger partial charge on any atom is -0.309 e. The zero-order valence-electron chi connectivity index (χ0n) is 31.0. The maximum absolute atomic E-state index is 5.22. The van der Waals surface area contributed by atoms with Crippen LogP contribution in [-0.4, -0.2) is 14.5 Å². The normalized spacial score (nSPS) is 11.5. The van der Waals surface area contributed by atoms with E-state index in [1.54, 1.807) is 0 Å². The molecule has 266 valence electrons. The fraction of sp³-hybridized carbons (Fsp3) is 0. The predicted octanol–water partition coefficient (Wildman–Crippen LogP) is 14.2. The van der Waals surface area contributed by atoms with Crippen LogP contribution in [0.3, 0.4) is 0 Å². The van der Waals surface area contributed by atoms with E-state index in [9.17, 15) is 0 Å². The van der Waals surface area contributed by atoms with Crippen LogP contribution < -0.4 is 0 Å². The molecule has 0 bridgehead atoms. The van der Waals surface area contributed by atoms with E-state index < -0.39 is 0 Å². The van der Waals surface area contributed by atoms with Gasteiger partial charge >= 0.3 is 0 Å². The Morgan fingerprint density at radius 1 is 0.298 bits per heavy atom. The monoisotopic (exact) mass is 725 g/mol. The fourth-order valence-electron chi connectivity index (χ4n) is 8.51. The maximum atomic E-state index is 5.22. The third-order valence-electron chi connectivity index (χ3n) is 11.3. The van der Waals surface area contributed by atoms with Crippen molar-refractivity contribution >= 4 is 43.4 Å². The molecule has 0 spiro atoms. The number of para-hydroxylation sites is 2. The van der Waals surface area contributed by atoms with Crippen LogP contribution in [0.15, 0.2) is 212 Å². The molecule has 0 atom stereocenters. The molecule has 57 heavy (non-hydrogen) atoms. The van der Waals surface area contributed by atoms with Gasteiger partial charge in [-0.15, -0.1) is 0 Å². The number of benzene rings is 9. The van der Waals surface area contributed by atoms with Crippen LogP contribution in [0.5, 0.6) is 0 Å². The highest BCUT2D eigenvalue weighted by molar-refractivity contribution is 6.09. The van der Waals surface area contributed by atoms with Crippen molar-refractivity contribution in [2.75, 3.05) is 0 Å². The molecule has 0 fully saturated rings. The lowest BCUT2D eigenvalue weighted by molar-refractivity contribution is 1.18. The molecule has 0 aliphatic carbocycles. The summed E-state index contributed by atoms with van der Waals surface area (Å²) in [5.74, 6) is 0.711. The molecule has 0 aliphatic heterocycles. The van der Waals surface area contributed by atoms with Crippen molar-refractivity contribution in [2.24, 2.45) is 0 Å². The number of aromatic nitrogens is 3. The summed E-state index contributed by atoms with van der Waals surface area (Å²) in [6, 6.07) is 75.7. The Morgan fingerprint density at radius 2 is 0.772 bits per heavy atom. The van der Waals surface area contributed by atoms with E-state index >= 15 is 0 Å². The first-order chi connectivity index (χ1) is 28.3. The molecule has 2 aromatic heterocycles.